The fourth-order valence-corrected chi connectivity index (χ4v) is 1.93. The summed E-state index contributed by atoms with van der Waals surface area (Å²) in [6.45, 7) is 7.06. The molecule has 20 heavy (non-hydrogen) atoms. The van der Waals surface area contributed by atoms with E-state index in [-0.39, 0.29) is 5.46 Å². The molecule has 1 aliphatic heterocycles. The number of methoxy groups -OCH3 is 1. The highest BCUT2D eigenvalue weighted by Crippen LogP contribution is 2.37. The third-order valence-corrected chi connectivity index (χ3v) is 3.86. The predicted octanol–water partition coefficient (Wildman–Crippen LogP) is 2.41. The van der Waals surface area contributed by atoms with Gasteiger partial charge >= 0.3 is 7.12 Å². The monoisotopic (exact) mass is 288 g/mol. The van der Waals surface area contributed by atoms with Gasteiger partial charge in [-0.2, -0.15) is 4.39 Å². The molecule has 0 saturated carbocycles. The molecule has 1 heterocycles. The molecule has 0 aliphatic carbocycles. The first-order valence-electron chi connectivity index (χ1n) is 6.17. The van der Waals surface area contributed by atoms with Crippen LogP contribution in [0.25, 0.3) is 0 Å². The molecule has 1 aromatic rings. The van der Waals surface area contributed by atoms with E-state index in [0.29, 0.717) is 0 Å². The Hall–Kier alpha value is -1.21. The van der Waals surface area contributed by atoms with Gasteiger partial charge in [-0.15, -0.1) is 0 Å². The van der Waals surface area contributed by atoms with Crippen molar-refractivity contribution in [1.29, 1.82) is 0 Å². The molecule has 1 aliphatic rings. The van der Waals surface area contributed by atoms with Crippen molar-refractivity contribution in [2.45, 2.75) is 38.9 Å². The second-order valence-electron chi connectivity index (χ2n) is 5.70. The molecule has 0 N–H and O–H groups in total. The lowest BCUT2D eigenvalue weighted by molar-refractivity contribution is 0.00578. The Balaban J connectivity index is 2.46. The van der Waals surface area contributed by atoms with Crippen LogP contribution in [0.15, 0.2) is 6.07 Å². The number of hydrogen-bond acceptors (Lipinski definition) is 3. The van der Waals surface area contributed by atoms with Crippen LogP contribution < -0.4 is 10.2 Å². The number of ether oxygens (including phenoxy) is 1. The number of halogens is 3. The first-order chi connectivity index (χ1) is 9.10. The Labute approximate surface area is 116 Å². The molecule has 1 fully saturated rings. The molecule has 0 aromatic heterocycles. The Morgan fingerprint density at radius 1 is 1.00 bits per heavy atom. The van der Waals surface area contributed by atoms with Crippen molar-refractivity contribution in [3.05, 3.63) is 23.5 Å². The van der Waals surface area contributed by atoms with Gasteiger partial charge in [0.05, 0.1) is 18.3 Å². The third-order valence-electron chi connectivity index (χ3n) is 3.86. The Morgan fingerprint density at radius 2 is 1.50 bits per heavy atom. The lowest BCUT2D eigenvalue weighted by Gasteiger charge is -2.32. The molecule has 0 radical (unpaired) electrons. The molecule has 110 valence electrons. The molecule has 1 aromatic carbocycles. The maximum Gasteiger partial charge on any atom is 0.498 e. The van der Waals surface area contributed by atoms with Crippen LogP contribution in [0.2, 0.25) is 0 Å². The zero-order valence-electron chi connectivity index (χ0n) is 12.0. The van der Waals surface area contributed by atoms with E-state index in [0.717, 1.165) is 13.2 Å². The van der Waals surface area contributed by atoms with Crippen molar-refractivity contribution in [3.8, 4) is 5.75 Å². The Bertz CT molecular complexity index is 530. The van der Waals surface area contributed by atoms with Gasteiger partial charge < -0.3 is 14.0 Å². The van der Waals surface area contributed by atoms with Gasteiger partial charge in [0.2, 0.25) is 5.82 Å². The summed E-state index contributed by atoms with van der Waals surface area (Å²) in [5.41, 5.74) is -1.77. The maximum absolute atomic E-state index is 14.0. The molecule has 0 bridgehead atoms. The van der Waals surface area contributed by atoms with Crippen LogP contribution in [0.3, 0.4) is 0 Å². The largest absolute Gasteiger partial charge is 0.498 e. The standard InChI is InChI=1S/C13H16BF3O3/c1-12(2)13(3,4)20-14(19-12)7-6-8(15)11(18-5)10(17)9(7)16/h6H,1-5H3. The van der Waals surface area contributed by atoms with Gasteiger partial charge in [0.25, 0.3) is 0 Å². The average Bonchev–Trinajstić information content (AvgIpc) is 2.54. The molecule has 0 atom stereocenters. The van der Waals surface area contributed by atoms with E-state index in [4.69, 9.17) is 9.31 Å². The lowest BCUT2D eigenvalue weighted by atomic mass is 9.78. The first-order valence-corrected chi connectivity index (χ1v) is 6.17. The van der Waals surface area contributed by atoms with E-state index < -0.39 is 41.5 Å². The minimum Gasteiger partial charge on any atom is -0.491 e. The molecule has 0 amide bonds. The molecule has 0 spiro atoms. The van der Waals surface area contributed by atoms with Crippen LogP contribution in [0.4, 0.5) is 13.2 Å². The van der Waals surface area contributed by atoms with E-state index in [9.17, 15) is 13.2 Å². The second-order valence-corrected chi connectivity index (χ2v) is 5.70. The van der Waals surface area contributed by atoms with Gasteiger partial charge in [-0.25, -0.2) is 8.78 Å². The summed E-state index contributed by atoms with van der Waals surface area (Å²) in [5, 5.41) is 0. The zero-order chi connectivity index (χ0) is 15.3. The second kappa shape index (κ2) is 4.67. The van der Waals surface area contributed by atoms with Crippen LogP contribution in [0.5, 0.6) is 5.75 Å². The lowest BCUT2D eigenvalue weighted by Crippen LogP contribution is -2.41. The number of benzene rings is 1. The molecule has 3 nitrogen and oxygen atoms in total. The highest BCUT2D eigenvalue weighted by Gasteiger charge is 2.53. The van der Waals surface area contributed by atoms with Gasteiger partial charge in [0.15, 0.2) is 17.4 Å². The predicted molar refractivity (Wildman–Crippen MR) is 68.6 cm³/mol. The van der Waals surface area contributed by atoms with E-state index >= 15 is 0 Å². The number of hydrogen-bond donors (Lipinski definition) is 0. The van der Waals surface area contributed by atoms with Crippen molar-refractivity contribution in [3.63, 3.8) is 0 Å². The normalized spacial score (nSPS) is 20.3. The summed E-state index contributed by atoms with van der Waals surface area (Å²) in [6.07, 6.45) is 0. The summed E-state index contributed by atoms with van der Waals surface area (Å²) in [5.74, 6) is -4.39. The highest BCUT2D eigenvalue weighted by molar-refractivity contribution is 6.62. The van der Waals surface area contributed by atoms with Gasteiger partial charge in [-0.3, -0.25) is 0 Å². The van der Waals surface area contributed by atoms with Crippen LogP contribution in [0, 0.1) is 17.5 Å². The zero-order valence-corrected chi connectivity index (χ0v) is 12.0. The smallest absolute Gasteiger partial charge is 0.491 e. The molecule has 0 unspecified atom stereocenters. The van der Waals surface area contributed by atoms with E-state index in [1.807, 2.05) is 0 Å². The van der Waals surface area contributed by atoms with Crippen molar-refractivity contribution >= 4 is 12.6 Å². The SMILES string of the molecule is COc1c(F)cc(B2OC(C)(C)C(C)(C)O2)c(F)c1F. The fraction of sp³-hybridized carbons (Fsp3) is 0.538. The minimum atomic E-state index is -1.39. The topological polar surface area (TPSA) is 27.7 Å². The van der Waals surface area contributed by atoms with Crippen LogP contribution in [-0.4, -0.2) is 25.4 Å². The van der Waals surface area contributed by atoms with E-state index in [2.05, 4.69) is 4.74 Å². The van der Waals surface area contributed by atoms with Crippen LogP contribution >= 0.6 is 0 Å². The van der Waals surface area contributed by atoms with Crippen molar-refractivity contribution < 1.29 is 27.2 Å². The summed E-state index contributed by atoms with van der Waals surface area (Å²) >= 11 is 0. The van der Waals surface area contributed by atoms with Gasteiger partial charge in [-0.1, -0.05) is 0 Å². The molecule has 1 saturated heterocycles. The van der Waals surface area contributed by atoms with Gasteiger partial charge in [0, 0.05) is 5.46 Å². The summed E-state index contributed by atoms with van der Waals surface area (Å²) in [6, 6.07) is 0.833. The highest BCUT2D eigenvalue weighted by atomic mass is 19.2. The van der Waals surface area contributed by atoms with Crippen LogP contribution in [0.1, 0.15) is 27.7 Å². The molecular formula is C13H16BF3O3. The number of rotatable bonds is 2. The summed E-state index contributed by atoms with van der Waals surface area (Å²) in [4.78, 5) is 0. The van der Waals surface area contributed by atoms with Gasteiger partial charge in [0.1, 0.15) is 0 Å². The molecule has 7 heteroatoms. The molecular weight excluding hydrogens is 272 g/mol. The summed E-state index contributed by atoms with van der Waals surface area (Å²) in [7, 11) is -0.107. The quantitative estimate of drug-likeness (QED) is 0.618. The Morgan fingerprint density at radius 3 is 1.95 bits per heavy atom. The summed E-state index contributed by atoms with van der Waals surface area (Å²) < 4.78 is 57.0. The maximum atomic E-state index is 14.0. The third kappa shape index (κ3) is 2.18. The average molecular weight is 288 g/mol. The van der Waals surface area contributed by atoms with E-state index in [1.165, 1.54) is 0 Å². The molecule has 2 rings (SSSR count). The van der Waals surface area contributed by atoms with E-state index in [1.54, 1.807) is 27.7 Å². The first kappa shape index (κ1) is 15.2. The fourth-order valence-electron chi connectivity index (χ4n) is 1.93. The van der Waals surface area contributed by atoms with Crippen LogP contribution in [-0.2, 0) is 9.31 Å². The Kier molecular flexibility index (Phi) is 3.54. The van der Waals surface area contributed by atoms with Crippen molar-refractivity contribution in [2.24, 2.45) is 0 Å². The van der Waals surface area contributed by atoms with Crippen molar-refractivity contribution in [2.75, 3.05) is 7.11 Å². The minimum absolute atomic E-state index is 0.320. The van der Waals surface area contributed by atoms with Crippen molar-refractivity contribution in [1.82, 2.24) is 0 Å². The van der Waals surface area contributed by atoms with Gasteiger partial charge in [-0.05, 0) is 33.8 Å².